The molecule has 1 aromatic rings. The van der Waals surface area contributed by atoms with Gasteiger partial charge in [-0.05, 0) is 12.1 Å². The summed E-state index contributed by atoms with van der Waals surface area (Å²) < 4.78 is 4.50. The van der Waals surface area contributed by atoms with Crippen LogP contribution in [0.4, 0.5) is 0 Å². The van der Waals surface area contributed by atoms with Gasteiger partial charge >= 0.3 is 206 Å². The summed E-state index contributed by atoms with van der Waals surface area (Å²) >= 11 is 0. The minimum absolute atomic E-state index is 0.0231. The predicted molar refractivity (Wildman–Crippen MR) is 187 cm³/mol. The third-order valence-electron chi connectivity index (χ3n) is 8.97. The average molecular weight is 597 g/mol. The van der Waals surface area contributed by atoms with E-state index in [2.05, 4.69) is 32.1 Å². The van der Waals surface area contributed by atoms with E-state index in [1.807, 2.05) is 0 Å². The Morgan fingerprint density at radius 3 is 1.07 bits per heavy atom. The van der Waals surface area contributed by atoms with E-state index >= 15 is 0 Å². The first-order valence-corrected chi connectivity index (χ1v) is 21.1. The Hall–Kier alpha value is -0.820. The van der Waals surface area contributed by atoms with Crippen molar-refractivity contribution in [3.8, 4) is 0 Å². The molecule has 0 aliphatic carbocycles. The van der Waals surface area contributed by atoms with E-state index in [1.165, 1.54) is 147 Å². The molecule has 41 heavy (non-hydrogen) atoms. The summed E-state index contributed by atoms with van der Waals surface area (Å²) in [5, 5.41) is 8.18. The smallest absolute Gasteiger partial charge is 0.371 e. The van der Waals surface area contributed by atoms with Gasteiger partial charge in [0.2, 0.25) is 5.76 Å². The fourth-order valence-electron chi connectivity index (χ4n) is 6.27. The zero-order valence-electron chi connectivity index (χ0n) is 28.3. The van der Waals surface area contributed by atoms with Crippen LogP contribution in [0.3, 0.4) is 0 Å². The second kappa shape index (κ2) is 30.6. The fourth-order valence-corrected chi connectivity index (χ4v) is 11.8. The van der Waals surface area contributed by atoms with Crippen LogP contribution >= 0.6 is 7.26 Å². The second-order valence-corrected chi connectivity index (χ2v) is 17.9. The second-order valence-electron chi connectivity index (χ2n) is 12.9. The topological polar surface area (TPSA) is 50.4 Å². The molecule has 3 nitrogen and oxygen atoms in total. The molecule has 1 N–H and O–H groups in total. The molecule has 0 aromatic carbocycles. The molecular formula is C37H73O3P. The van der Waals surface area contributed by atoms with Gasteiger partial charge in [0.1, 0.15) is 0 Å². The minimum Gasteiger partial charge on any atom is -0.475 e. The molecule has 0 radical (unpaired) electrons. The van der Waals surface area contributed by atoms with Gasteiger partial charge in [0.25, 0.3) is 0 Å². The molecule has 0 aliphatic heterocycles. The molecule has 0 saturated carbocycles. The first-order chi connectivity index (χ1) is 20.0. The summed E-state index contributed by atoms with van der Waals surface area (Å²) in [7, 11) is -1.04. The van der Waals surface area contributed by atoms with Crippen molar-refractivity contribution >= 4 is 13.2 Å². The monoisotopic (exact) mass is 597 g/mol. The Labute approximate surface area is 257 Å². The van der Waals surface area contributed by atoms with Crippen molar-refractivity contribution in [1.82, 2.24) is 0 Å². The predicted octanol–water partition coefficient (Wildman–Crippen LogP) is 13.2. The largest absolute Gasteiger partial charge is 0.475 e. The van der Waals surface area contributed by atoms with E-state index in [0.717, 1.165) is 0 Å². The van der Waals surface area contributed by atoms with E-state index in [0.29, 0.717) is 0 Å². The van der Waals surface area contributed by atoms with Crippen LogP contribution in [0.25, 0.3) is 0 Å². The molecule has 4 heteroatoms. The number of hydrogen-bond acceptors (Lipinski definition) is 2. The van der Waals surface area contributed by atoms with Crippen LogP contribution < -0.4 is 0 Å². The summed E-state index contributed by atoms with van der Waals surface area (Å²) in [4.78, 5) is 9.97. The van der Waals surface area contributed by atoms with Gasteiger partial charge in [-0.15, -0.1) is 0 Å². The zero-order valence-corrected chi connectivity index (χ0v) is 29.3. The minimum atomic E-state index is -1.04. The maximum atomic E-state index is 9.97. The van der Waals surface area contributed by atoms with Gasteiger partial charge in [-0.25, -0.2) is 4.79 Å². The van der Waals surface area contributed by atoms with Crippen LogP contribution in [0.5, 0.6) is 0 Å². The maximum Gasteiger partial charge on any atom is 0.371 e. The Morgan fingerprint density at radius 2 is 0.829 bits per heavy atom. The van der Waals surface area contributed by atoms with Crippen molar-refractivity contribution in [3.05, 3.63) is 24.2 Å². The third kappa shape index (κ3) is 25.4. The van der Waals surface area contributed by atoms with Gasteiger partial charge in [-0.3, -0.25) is 0 Å². The van der Waals surface area contributed by atoms with Gasteiger partial charge in [-0.1, -0.05) is 13.3 Å². The number of rotatable bonds is 29. The Bertz CT molecular complexity index is 611. The molecule has 0 amide bonds. The van der Waals surface area contributed by atoms with Crippen LogP contribution in [0.2, 0.25) is 0 Å². The normalized spacial score (nSPS) is 11.8. The van der Waals surface area contributed by atoms with Gasteiger partial charge in [0.05, 0.1) is 6.26 Å². The molecule has 0 spiro atoms. The van der Waals surface area contributed by atoms with Gasteiger partial charge in [0, 0.05) is 0 Å². The number of hydrogen-bond donors (Lipinski definition) is 1. The van der Waals surface area contributed by atoms with E-state index in [4.69, 9.17) is 5.11 Å². The molecule has 244 valence electrons. The van der Waals surface area contributed by atoms with Crippen molar-refractivity contribution in [2.45, 2.75) is 182 Å². The van der Waals surface area contributed by atoms with E-state index < -0.39 is 13.2 Å². The molecular weight excluding hydrogens is 523 g/mol. The van der Waals surface area contributed by atoms with E-state index in [-0.39, 0.29) is 5.76 Å². The van der Waals surface area contributed by atoms with Crippen molar-refractivity contribution in [2.75, 3.05) is 24.6 Å². The SMILES string of the molecule is CCCCCCCCCCCCCC[PH](CCCCCC)(CCCCCC)CCCCCC.O=C(O)c1ccco1. The molecule has 1 heterocycles. The van der Waals surface area contributed by atoms with Crippen LogP contribution in [-0.2, 0) is 0 Å². The number of carbonyl (C=O) groups is 1. The molecule has 0 fully saturated rings. The fraction of sp³-hybridized carbons (Fsp3) is 0.865. The number of carboxylic acid groups (broad SMARTS) is 1. The van der Waals surface area contributed by atoms with Crippen LogP contribution in [-0.4, -0.2) is 35.7 Å². The molecule has 1 aromatic heterocycles. The van der Waals surface area contributed by atoms with Crippen LogP contribution in [0, 0.1) is 0 Å². The summed E-state index contributed by atoms with van der Waals surface area (Å²) in [6, 6.07) is 2.92. The maximum absolute atomic E-state index is 9.97. The first-order valence-electron chi connectivity index (χ1n) is 18.3. The molecule has 0 unspecified atom stereocenters. The standard InChI is InChI=1S/C32H69P.C5H4O3/c1-5-9-13-17-18-19-20-21-22-23-24-28-32-33(29-25-14-10-6-2,30-26-15-11-7-3)31-27-16-12-8-4;6-5(7)4-2-1-3-8-4/h33H,5-32H2,1-4H3;1-3H,(H,6,7). The zero-order chi connectivity index (χ0) is 30.3. The molecule has 1 rings (SSSR count). The number of furan rings is 1. The van der Waals surface area contributed by atoms with Gasteiger partial charge < -0.3 is 9.52 Å². The molecule has 0 aliphatic rings. The van der Waals surface area contributed by atoms with Crippen LogP contribution in [0.1, 0.15) is 192 Å². The number of carboxylic acids is 1. The van der Waals surface area contributed by atoms with Crippen molar-refractivity contribution in [2.24, 2.45) is 0 Å². The average Bonchev–Trinajstić information content (AvgIpc) is 3.53. The summed E-state index contributed by atoms with van der Waals surface area (Å²) in [5.41, 5.74) is 0. The van der Waals surface area contributed by atoms with Crippen molar-refractivity contribution < 1.29 is 14.3 Å². The summed E-state index contributed by atoms with van der Waals surface area (Å²) in [6.07, 6.45) is 43.6. The first kappa shape index (κ1) is 40.2. The number of unbranched alkanes of at least 4 members (excludes halogenated alkanes) is 20. The van der Waals surface area contributed by atoms with Gasteiger partial charge in [0.15, 0.2) is 0 Å². The molecule has 0 saturated heterocycles. The Kier molecular flexibility index (Phi) is 30.0. The van der Waals surface area contributed by atoms with Gasteiger partial charge in [-0.2, -0.15) is 0 Å². The summed E-state index contributed by atoms with van der Waals surface area (Å²) in [5.74, 6) is -1.06. The summed E-state index contributed by atoms with van der Waals surface area (Å²) in [6.45, 7) is 9.42. The molecule has 0 bridgehead atoms. The third-order valence-corrected chi connectivity index (χ3v) is 14.6. The Morgan fingerprint density at radius 1 is 0.537 bits per heavy atom. The van der Waals surface area contributed by atoms with E-state index in [9.17, 15) is 4.79 Å². The number of aromatic carboxylic acids is 1. The van der Waals surface area contributed by atoms with E-state index in [1.54, 1.807) is 50.3 Å². The Balaban J connectivity index is 0.00000170. The van der Waals surface area contributed by atoms with Crippen molar-refractivity contribution in [3.63, 3.8) is 0 Å². The van der Waals surface area contributed by atoms with Crippen molar-refractivity contribution in [1.29, 1.82) is 0 Å². The quantitative estimate of drug-likeness (QED) is 0.0739. The van der Waals surface area contributed by atoms with Crippen LogP contribution in [0.15, 0.2) is 22.8 Å². The molecule has 0 atom stereocenters.